The van der Waals surface area contributed by atoms with Gasteiger partial charge in [-0.15, -0.1) is 0 Å². The zero-order valence-electron chi connectivity index (χ0n) is 15.0. The summed E-state index contributed by atoms with van der Waals surface area (Å²) in [6.07, 6.45) is -2.23. The number of carbonyl (C=O) groups is 1. The van der Waals surface area contributed by atoms with Crippen molar-refractivity contribution in [1.29, 1.82) is 0 Å². The maximum Gasteiger partial charge on any atom is 0.417 e. The average Bonchev–Trinajstić information content (AvgIpc) is 2.68. The minimum atomic E-state index is -4.38. The minimum absolute atomic E-state index is 0.0198. The number of nitrogens with one attached hydrogen (secondary N) is 1. The first-order valence-electron chi connectivity index (χ1n) is 8.98. The number of aromatic nitrogens is 1. The van der Waals surface area contributed by atoms with Crippen molar-refractivity contribution in [3.05, 3.63) is 59.8 Å². The van der Waals surface area contributed by atoms with Crippen LogP contribution in [0.15, 0.2) is 48.7 Å². The third-order valence-electron chi connectivity index (χ3n) is 4.92. The van der Waals surface area contributed by atoms with Crippen LogP contribution in [-0.2, 0) is 11.0 Å². The van der Waals surface area contributed by atoms with Crippen molar-refractivity contribution in [2.24, 2.45) is 5.92 Å². The zero-order chi connectivity index (χ0) is 19.4. The fourth-order valence-electron chi connectivity index (χ4n) is 3.27. The van der Waals surface area contributed by atoms with Crippen LogP contribution in [0.2, 0.25) is 0 Å². The quantitative estimate of drug-likeness (QED) is 0.869. The van der Waals surface area contributed by atoms with E-state index in [2.05, 4.69) is 10.3 Å². The number of pyridine rings is 1. The molecule has 0 spiro atoms. The summed E-state index contributed by atoms with van der Waals surface area (Å²) in [5.74, 6) is 0.438. The van der Waals surface area contributed by atoms with Gasteiger partial charge in [0.05, 0.1) is 11.6 Å². The Morgan fingerprint density at radius 3 is 2.37 bits per heavy atom. The van der Waals surface area contributed by atoms with Gasteiger partial charge >= 0.3 is 6.18 Å². The van der Waals surface area contributed by atoms with E-state index < -0.39 is 11.7 Å². The van der Waals surface area contributed by atoms with Gasteiger partial charge in [0.15, 0.2) is 0 Å². The normalized spacial score (nSPS) is 16.8. The Hall–Kier alpha value is -2.57. The van der Waals surface area contributed by atoms with Crippen LogP contribution >= 0.6 is 0 Å². The summed E-state index contributed by atoms with van der Waals surface area (Å²) in [6, 6.07) is 12.1. The summed E-state index contributed by atoms with van der Waals surface area (Å²) < 4.78 is 37.9. The predicted molar refractivity (Wildman–Crippen MR) is 97.2 cm³/mol. The van der Waals surface area contributed by atoms with E-state index in [1.807, 2.05) is 42.2 Å². The lowest BCUT2D eigenvalue weighted by atomic mass is 9.95. The summed E-state index contributed by atoms with van der Waals surface area (Å²) in [6.45, 7) is 3.14. The molecular formula is C20H22F3N3O. The minimum Gasteiger partial charge on any atom is -0.357 e. The molecule has 7 heteroatoms. The molecule has 27 heavy (non-hydrogen) atoms. The number of rotatable bonds is 4. The second-order valence-electron chi connectivity index (χ2n) is 6.81. The number of alkyl halides is 3. The Balaban J connectivity index is 1.53. The Bertz CT molecular complexity index is 754. The summed E-state index contributed by atoms with van der Waals surface area (Å²) in [5.41, 5.74) is 0.299. The first kappa shape index (κ1) is 19.2. The molecule has 2 aromatic rings. The van der Waals surface area contributed by atoms with Gasteiger partial charge in [0, 0.05) is 25.2 Å². The van der Waals surface area contributed by atoms with Crippen LogP contribution in [-0.4, -0.2) is 24.0 Å². The molecule has 1 aliphatic heterocycles. The molecule has 1 fully saturated rings. The fourth-order valence-corrected chi connectivity index (χ4v) is 3.27. The van der Waals surface area contributed by atoms with E-state index in [-0.39, 0.29) is 17.9 Å². The smallest absolute Gasteiger partial charge is 0.357 e. The molecule has 144 valence electrons. The molecule has 1 amide bonds. The predicted octanol–water partition coefficient (Wildman–Crippen LogP) is 4.19. The first-order chi connectivity index (χ1) is 12.8. The van der Waals surface area contributed by atoms with Gasteiger partial charge in [0.25, 0.3) is 0 Å². The van der Waals surface area contributed by atoms with Crippen molar-refractivity contribution < 1.29 is 18.0 Å². The molecule has 0 aliphatic carbocycles. The van der Waals surface area contributed by atoms with Crippen LogP contribution in [0.3, 0.4) is 0 Å². The SMILES string of the molecule is C[C@@H](NC(=O)C1CCN(c2ccc(C(F)(F)F)cn2)CC1)c1ccccc1. The number of amides is 1. The van der Waals surface area contributed by atoms with Gasteiger partial charge in [-0.2, -0.15) is 13.2 Å². The number of benzene rings is 1. The lowest BCUT2D eigenvalue weighted by molar-refractivity contribution is -0.137. The van der Waals surface area contributed by atoms with Crippen molar-refractivity contribution in [1.82, 2.24) is 10.3 Å². The number of nitrogens with zero attached hydrogens (tertiary/aromatic N) is 2. The molecule has 0 saturated carbocycles. The highest BCUT2D eigenvalue weighted by atomic mass is 19.4. The molecule has 1 atom stereocenters. The molecule has 0 unspecified atom stereocenters. The molecule has 2 heterocycles. The molecule has 1 N–H and O–H groups in total. The Kier molecular flexibility index (Phi) is 5.68. The van der Waals surface area contributed by atoms with E-state index >= 15 is 0 Å². The lowest BCUT2D eigenvalue weighted by Gasteiger charge is -2.32. The van der Waals surface area contributed by atoms with Crippen molar-refractivity contribution in [2.45, 2.75) is 32.0 Å². The molecule has 0 radical (unpaired) electrons. The van der Waals surface area contributed by atoms with Crippen LogP contribution in [0, 0.1) is 5.92 Å². The van der Waals surface area contributed by atoms with Crippen LogP contribution in [0.5, 0.6) is 0 Å². The van der Waals surface area contributed by atoms with Crippen molar-refractivity contribution in [3.63, 3.8) is 0 Å². The molecular weight excluding hydrogens is 355 g/mol. The van der Waals surface area contributed by atoms with Crippen molar-refractivity contribution in [3.8, 4) is 0 Å². The van der Waals surface area contributed by atoms with Gasteiger partial charge in [-0.1, -0.05) is 30.3 Å². The number of anilines is 1. The molecule has 1 saturated heterocycles. The molecule has 4 nitrogen and oxygen atoms in total. The second kappa shape index (κ2) is 7.98. The highest BCUT2D eigenvalue weighted by Gasteiger charge is 2.31. The van der Waals surface area contributed by atoms with Crippen LogP contribution in [0.4, 0.5) is 19.0 Å². The third-order valence-corrected chi connectivity index (χ3v) is 4.92. The maximum atomic E-state index is 12.6. The molecule has 1 aromatic heterocycles. The van der Waals surface area contributed by atoms with Crippen LogP contribution in [0.1, 0.15) is 36.9 Å². The largest absolute Gasteiger partial charge is 0.417 e. The van der Waals surface area contributed by atoms with Gasteiger partial charge in [-0.3, -0.25) is 4.79 Å². The van der Waals surface area contributed by atoms with Crippen LogP contribution in [0.25, 0.3) is 0 Å². The van der Waals surface area contributed by atoms with Crippen molar-refractivity contribution in [2.75, 3.05) is 18.0 Å². The highest BCUT2D eigenvalue weighted by molar-refractivity contribution is 5.79. The van der Waals surface area contributed by atoms with E-state index in [4.69, 9.17) is 0 Å². The fraction of sp³-hybridized carbons (Fsp3) is 0.400. The van der Waals surface area contributed by atoms with E-state index in [0.29, 0.717) is 31.7 Å². The zero-order valence-corrected chi connectivity index (χ0v) is 15.0. The van der Waals surface area contributed by atoms with E-state index in [1.165, 1.54) is 6.07 Å². The average molecular weight is 377 g/mol. The number of hydrogen-bond donors (Lipinski definition) is 1. The molecule has 1 aromatic carbocycles. The van der Waals surface area contributed by atoms with E-state index in [0.717, 1.165) is 17.8 Å². The van der Waals surface area contributed by atoms with E-state index in [1.54, 1.807) is 0 Å². The molecule has 0 bridgehead atoms. The molecule has 3 rings (SSSR count). The second-order valence-corrected chi connectivity index (χ2v) is 6.81. The lowest BCUT2D eigenvalue weighted by Crippen LogP contribution is -2.41. The monoisotopic (exact) mass is 377 g/mol. The number of carbonyl (C=O) groups excluding carboxylic acids is 1. The summed E-state index contributed by atoms with van der Waals surface area (Å²) in [7, 11) is 0. The Morgan fingerprint density at radius 1 is 1.15 bits per heavy atom. The Labute approximate surface area is 156 Å². The number of hydrogen-bond acceptors (Lipinski definition) is 3. The van der Waals surface area contributed by atoms with Gasteiger partial charge in [-0.25, -0.2) is 4.98 Å². The topological polar surface area (TPSA) is 45.2 Å². The molecule has 1 aliphatic rings. The maximum absolute atomic E-state index is 12.6. The third kappa shape index (κ3) is 4.78. The Morgan fingerprint density at radius 2 is 1.81 bits per heavy atom. The summed E-state index contributed by atoms with van der Waals surface area (Å²) >= 11 is 0. The van der Waals surface area contributed by atoms with Crippen LogP contribution < -0.4 is 10.2 Å². The van der Waals surface area contributed by atoms with Gasteiger partial charge < -0.3 is 10.2 Å². The standard InChI is InChI=1S/C20H22F3N3O/c1-14(15-5-3-2-4-6-15)25-19(27)16-9-11-26(12-10-16)18-8-7-17(13-24-18)20(21,22)23/h2-8,13-14,16H,9-12H2,1H3,(H,25,27)/t14-/m1/s1. The highest BCUT2D eigenvalue weighted by Crippen LogP contribution is 2.30. The van der Waals surface area contributed by atoms with E-state index in [9.17, 15) is 18.0 Å². The summed E-state index contributed by atoms with van der Waals surface area (Å²) in [4.78, 5) is 18.4. The van der Waals surface area contributed by atoms with Gasteiger partial charge in [-0.05, 0) is 37.5 Å². The summed E-state index contributed by atoms with van der Waals surface area (Å²) in [5, 5.41) is 3.05. The van der Waals surface area contributed by atoms with Crippen molar-refractivity contribution >= 4 is 11.7 Å². The van der Waals surface area contributed by atoms with Gasteiger partial charge in [0.1, 0.15) is 5.82 Å². The number of piperidine rings is 1. The first-order valence-corrected chi connectivity index (χ1v) is 8.98. The van der Waals surface area contributed by atoms with Gasteiger partial charge in [0.2, 0.25) is 5.91 Å². The number of halogens is 3.